The van der Waals surface area contributed by atoms with Gasteiger partial charge in [-0.25, -0.2) is 0 Å². The average molecular weight is 419 g/mol. The van der Waals surface area contributed by atoms with Gasteiger partial charge in [0.1, 0.15) is 11.5 Å². The monoisotopic (exact) mass is 418 g/mol. The Bertz CT molecular complexity index is 1070. The molecule has 0 unspecified atom stereocenters. The number of methoxy groups -OCH3 is 2. The van der Waals surface area contributed by atoms with Crippen LogP contribution >= 0.6 is 0 Å². The number of hydrogen-bond acceptors (Lipinski definition) is 4. The summed E-state index contributed by atoms with van der Waals surface area (Å²) in [6, 6.07) is 18.8. The van der Waals surface area contributed by atoms with Gasteiger partial charge in [0.2, 0.25) is 0 Å². The first-order valence-electron chi connectivity index (χ1n) is 10.5. The molecule has 0 radical (unpaired) electrons. The lowest BCUT2D eigenvalue weighted by molar-refractivity contribution is -0.143. The van der Waals surface area contributed by atoms with Gasteiger partial charge in [-0.3, -0.25) is 4.79 Å². The minimum atomic E-state index is -0.183. The summed E-state index contributed by atoms with van der Waals surface area (Å²) in [6.45, 7) is 6.40. The van der Waals surface area contributed by atoms with Crippen molar-refractivity contribution in [1.29, 1.82) is 0 Å². The van der Waals surface area contributed by atoms with E-state index < -0.39 is 0 Å². The Morgan fingerprint density at radius 3 is 2.13 bits per heavy atom. The predicted molar refractivity (Wildman–Crippen MR) is 125 cm³/mol. The molecule has 4 heteroatoms. The van der Waals surface area contributed by atoms with Gasteiger partial charge in [-0.2, -0.15) is 0 Å². The van der Waals surface area contributed by atoms with Gasteiger partial charge in [0.15, 0.2) is 0 Å². The van der Waals surface area contributed by atoms with E-state index in [1.54, 1.807) is 14.2 Å². The van der Waals surface area contributed by atoms with Gasteiger partial charge in [0.25, 0.3) is 0 Å². The Balaban J connectivity index is 1.94. The highest BCUT2D eigenvalue weighted by atomic mass is 16.5. The molecule has 3 aromatic rings. The van der Waals surface area contributed by atoms with Crippen LogP contribution in [-0.2, 0) is 16.0 Å². The second-order valence-electron chi connectivity index (χ2n) is 7.54. The Hall–Kier alpha value is -3.27. The number of aryl methyl sites for hydroxylation is 3. The molecule has 0 aromatic heterocycles. The van der Waals surface area contributed by atoms with Gasteiger partial charge >= 0.3 is 5.97 Å². The maximum absolute atomic E-state index is 11.9. The molecular formula is C27H30O4. The lowest BCUT2D eigenvalue weighted by Crippen LogP contribution is -2.06. The fourth-order valence-corrected chi connectivity index (χ4v) is 3.86. The minimum Gasteiger partial charge on any atom is -0.497 e. The Kier molecular flexibility index (Phi) is 7.35. The lowest BCUT2D eigenvalue weighted by atomic mass is 9.92. The summed E-state index contributed by atoms with van der Waals surface area (Å²) in [7, 11) is 3.34. The van der Waals surface area contributed by atoms with Crippen LogP contribution in [0.25, 0.3) is 22.3 Å². The van der Waals surface area contributed by atoms with E-state index >= 15 is 0 Å². The van der Waals surface area contributed by atoms with Crippen molar-refractivity contribution in [3.8, 4) is 33.8 Å². The quantitative estimate of drug-likeness (QED) is 0.412. The molecule has 162 valence electrons. The van der Waals surface area contributed by atoms with Crippen LogP contribution in [0.4, 0.5) is 0 Å². The van der Waals surface area contributed by atoms with Gasteiger partial charge in [-0.1, -0.05) is 30.3 Å². The maximum atomic E-state index is 11.9. The van der Waals surface area contributed by atoms with Crippen LogP contribution in [0.15, 0.2) is 54.6 Å². The van der Waals surface area contributed by atoms with Crippen molar-refractivity contribution in [2.75, 3.05) is 20.8 Å². The van der Waals surface area contributed by atoms with Gasteiger partial charge in [0, 0.05) is 6.42 Å². The summed E-state index contributed by atoms with van der Waals surface area (Å²) in [4.78, 5) is 11.9. The predicted octanol–water partition coefficient (Wildman–Crippen LogP) is 6.15. The third-order valence-electron chi connectivity index (χ3n) is 5.46. The summed E-state index contributed by atoms with van der Waals surface area (Å²) in [6.07, 6.45) is 0.944. The highest BCUT2D eigenvalue weighted by Crippen LogP contribution is 2.34. The van der Waals surface area contributed by atoms with Crippen LogP contribution in [0.5, 0.6) is 11.5 Å². The smallest absolute Gasteiger partial charge is 0.306 e. The highest BCUT2D eigenvalue weighted by Gasteiger charge is 2.12. The fourth-order valence-electron chi connectivity index (χ4n) is 3.86. The molecule has 0 aliphatic heterocycles. The second kappa shape index (κ2) is 10.2. The fraction of sp³-hybridized carbons (Fsp3) is 0.296. The van der Waals surface area contributed by atoms with Crippen molar-refractivity contribution in [3.05, 3.63) is 71.3 Å². The molecule has 0 atom stereocenters. The Labute approximate surface area is 184 Å². The number of carbonyl (C=O) groups excluding carboxylic acids is 1. The van der Waals surface area contributed by atoms with Crippen molar-refractivity contribution in [2.24, 2.45) is 0 Å². The summed E-state index contributed by atoms with van der Waals surface area (Å²) >= 11 is 0. The maximum Gasteiger partial charge on any atom is 0.306 e. The van der Waals surface area contributed by atoms with Crippen molar-refractivity contribution in [3.63, 3.8) is 0 Å². The lowest BCUT2D eigenvalue weighted by Gasteiger charge is -2.15. The summed E-state index contributed by atoms with van der Waals surface area (Å²) in [5, 5.41) is 0. The molecule has 0 aliphatic carbocycles. The largest absolute Gasteiger partial charge is 0.497 e. The number of ether oxygens (including phenoxy) is 3. The van der Waals surface area contributed by atoms with Crippen LogP contribution in [0.3, 0.4) is 0 Å². The van der Waals surface area contributed by atoms with Gasteiger partial charge in [-0.05, 0) is 90.4 Å². The van der Waals surface area contributed by atoms with Crippen molar-refractivity contribution >= 4 is 5.97 Å². The van der Waals surface area contributed by atoms with Crippen molar-refractivity contribution in [1.82, 2.24) is 0 Å². The molecule has 0 heterocycles. The van der Waals surface area contributed by atoms with Crippen LogP contribution < -0.4 is 9.47 Å². The van der Waals surface area contributed by atoms with E-state index in [0.29, 0.717) is 19.4 Å². The molecule has 0 fully saturated rings. The topological polar surface area (TPSA) is 44.8 Å². The molecule has 0 aliphatic rings. The van der Waals surface area contributed by atoms with E-state index in [1.807, 2.05) is 25.1 Å². The zero-order valence-corrected chi connectivity index (χ0v) is 19.0. The van der Waals surface area contributed by atoms with Crippen LogP contribution in [0, 0.1) is 13.8 Å². The van der Waals surface area contributed by atoms with Gasteiger partial charge < -0.3 is 14.2 Å². The number of rotatable bonds is 8. The van der Waals surface area contributed by atoms with Crippen LogP contribution in [0.2, 0.25) is 0 Å². The number of hydrogen-bond donors (Lipinski definition) is 0. The summed E-state index contributed by atoms with van der Waals surface area (Å²) in [5.74, 6) is 1.49. The molecule has 0 amide bonds. The normalized spacial score (nSPS) is 10.6. The molecule has 0 N–H and O–H groups in total. The molecule has 0 bridgehead atoms. The highest BCUT2D eigenvalue weighted by molar-refractivity contribution is 5.77. The molecule has 0 spiro atoms. The molecule has 3 rings (SSSR count). The summed E-state index contributed by atoms with van der Waals surface area (Å²) < 4.78 is 15.9. The first kappa shape index (κ1) is 22.4. The molecule has 4 nitrogen and oxygen atoms in total. The third-order valence-corrected chi connectivity index (χ3v) is 5.46. The third kappa shape index (κ3) is 5.26. The van der Waals surface area contributed by atoms with Crippen LogP contribution in [-0.4, -0.2) is 26.8 Å². The summed E-state index contributed by atoms with van der Waals surface area (Å²) in [5.41, 5.74) is 7.95. The van der Waals surface area contributed by atoms with Gasteiger partial charge in [0.05, 0.1) is 20.8 Å². The Morgan fingerprint density at radius 2 is 1.48 bits per heavy atom. The average Bonchev–Trinajstić information content (AvgIpc) is 2.77. The first-order valence-corrected chi connectivity index (χ1v) is 10.5. The van der Waals surface area contributed by atoms with E-state index in [-0.39, 0.29) is 5.97 Å². The zero-order chi connectivity index (χ0) is 22.4. The number of benzene rings is 3. The van der Waals surface area contributed by atoms with E-state index in [9.17, 15) is 4.79 Å². The van der Waals surface area contributed by atoms with Crippen molar-refractivity contribution in [2.45, 2.75) is 33.6 Å². The number of esters is 1. The molecule has 31 heavy (non-hydrogen) atoms. The molecule has 3 aromatic carbocycles. The van der Waals surface area contributed by atoms with E-state index in [1.165, 1.54) is 16.7 Å². The van der Waals surface area contributed by atoms with Crippen molar-refractivity contribution < 1.29 is 19.0 Å². The SMILES string of the molecule is CCOC(=O)CCc1cc(OC)ccc1-c1ccc(-c2ccc(OC)c(C)c2)c(C)c1. The standard InChI is InChI=1S/C27H30O4/c1-6-31-27(28)14-9-22-17-23(29-4)10-12-25(22)21-7-11-24(18(2)15-21)20-8-13-26(30-5)19(3)16-20/h7-8,10-13,15-17H,6,9,14H2,1-5H3. The molecule has 0 saturated carbocycles. The second-order valence-corrected chi connectivity index (χ2v) is 7.54. The molecular weight excluding hydrogens is 388 g/mol. The molecule has 0 saturated heterocycles. The number of carbonyl (C=O) groups is 1. The minimum absolute atomic E-state index is 0.183. The van der Waals surface area contributed by atoms with Gasteiger partial charge in [-0.15, -0.1) is 0 Å². The van der Waals surface area contributed by atoms with Crippen LogP contribution in [0.1, 0.15) is 30.0 Å². The van der Waals surface area contributed by atoms with E-state index in [0.717, 1.165) is 33.8 Å². The van der Waals surface area contributed by atoms with E-state index in [2.05, 4.69) is 50.2 Å². The zero-order valence-electron chi connectivity index (χ0n) is 19.0. The Morgan fingerprint density at radius 1 is 0.806 bits per heavy atom. The first-order chi connectivity index (χ1) is 15.0. The van der Waals surface area contributed by atoms with E-state index in [4.69, 9.17) is 14.2 Å².